The summed E-state index contributed by atoms with van der Waals surface area (Å²) in [6.07, 6.45) is 4.74. The topological polar surface area (TPSA) is 3.24 Å². The summed E-state index contributed by atoms with van der Waals surface area (Å²) in [5.41, 5.74) is 0. The van der Waals surface area contributed by atoms with Gasteiger partial charge in [-0.25, -0.2) is 0 Å². The first kappa shape index (κ1) is 9.30. The van der Waals surface area contributed by atoms with Gasteiger partial charge in [-0.3, -0.25) is 4.90 Å². The van der Waals surface area contributed by atoms with E-state index in [1.165, 1.54) is 25.9 Å². The largest absolute Gasteiger partial charge is 1.00 e. The van der Waals surface area contributed by atoms with Gasteiger partial charge in [0.1, 0.15) is 0 Å². The monoisotopic (exact) mass is 119 g/mol. The molecular weight excluding hydrogens is 105 g/mol. The Bertz CT molecular complexity index is 81.7. The Morgan fingerprint density at radius 2 is 2.00 bits per heavy atom. The fourth-order valence-corrected chi connectivity index (χ4v) is 1.15. The molecule has 1 aliphatic heterocycles. The second-order valence-electron chi connectivity index (χ2n) is 2.30. The van der Waals surface area contributed by atoms with Gasteiger partial charge in [-0.2, -0.15) is 0 Å². The van der Waals surface area contributed by atoms with Gasteiger partial charge in [0, 0.05) is 6.54 Å². The Kier molecular flexibility index (Phi) is 5.28. The van der Waals surface area contributed by atoms with Crippen LogP contribution in [-0.2, 0) is 0 Å². The van der Waals surface area contributed by atoms with Crippen molar-refractivity contribution in [2.75, 3.05) is 19.6 Å². The molecule has 1 nitrogen and oxygen atoms in total. The van der Waals surface area contributed by atoms with Crippen LogP contribution < -0.4 is 18.9 Å². The first-order valence-corrected chi connectivity index (χ1v) is 3.27. The van der Waals surface area contributed by atoms with E-state index in [-0.39, 0.29) is 20.3 Å². The van der Waals surface area contributed by atoms with E-state index in [4.69, 9.17) is 0 Å². The molecule has 0 unspecified atom stereocenters. The first-order valence-electron chi connectivity index (χ1n) is 3.27. The van der Waals surface area contributed by atoms with Crippen molar-refractivity contribution in [2.24, 2.45) is 0 Å². The van der Waals surface area contributed by atoms with Gasteiger partial charge in [0.25, 0.3) is 0 Å². The van der Waals surface area contributed by atoms with Crippen molar-refractivity contribution in [3.05, 3.63) is 12.7 Å². The van der Waals surface area contributed by atoms with E-state index in [1.54, 1.807) is 0 Å². The fourth-order valence-electron chi connectivity index (χ4n) is 1.15. The molecule has 0 saturated carbocycles. The number of nitrogens with zero attached hydrogens (tertiary/aromatic N) is 1. The van der Waals surface area contributed by atoms with E-state index >= 15 is 0 Å². The Morgan fingerprint density at radius 3 is 2.44 bits per heavy atom. The van der Waals surface area contributed by atoms with E-state index < -0.39 is 0 Å². The third-order valence-corrected chi connectivity index (χ3v) is 1.59. The number of likely N-dealkylation sites (tertiary alicyclic amines) is 1. The van der Waals surface area contributed by atoms with Crippen molar-refractivity contribution in [1.82, 2.24) is 4.90 Å². The van der Waals surface area contributed by atoms with Gasteiger partial charge < -0.3 is 1.43 Å². The van der Waals surface area contributed by atoms with E-state index in [2.05, 4.69) is 11.5 Å². The van der Waals surface area contributed by atoms with Crippen LogP contribution in [0.5, 0.6) is 0 Å². The van der Waals surface area contributed by atoms with E-state index in [9.17, 15) is 0 Å². The number of hydrogen-bond acceptors (Lipinski definition) is 1. The number of rotatable bonds is 2. The molecule has 1 saturated heterocycles. The molecule has 0 aromatic rings. The molecule has 0 aliphatic carbocycles. The molecule has 1 fully saturated rings. The van der Waals surface area contributed by atoms with Crippen LogP contribution in [0.2, 0.25) is 0 Å². The normalized spacial score (nSPS) is 19.1. The number of hydrogen-bond donors (Lipinski definition) is 0. The van der Waals surface area contributed by atoms with Gasteiger partial charge in [0.15, 0.2) is 0 Å². The minimum Gasteiger partial charge on any atom is -1.00 e. The van der Waals surface area contributed by atoms with Crippen LogP contribution in [0.3, 0.4) is 0 Å². The Balaban J connectivity index is 0. The predicted molar refractivity (Wildman–Crippen MR) is 37.0 cm³/mol. The summed E-state index contributed by atoms with van der Waals surface area (Å²) in [5.74, 6) is 0. The average Bonchev–Trinajstić information content (AvgIpc) is 2.19. The summed E-state index contributed by atoms with van der Waals surface area (Å²) in [5, 5.41) is 0. The molecule has 0 radical (unpaired) electrons. The van der Waals surface area contributed by atoms with E-state index in [0.29, 0.717) is 0 Å². The fraction of sp³-hybridized carbons (Fsp3) is 0.714. The quantitative estimate of drug-likeness (QED) is 0.312. The zero-order chi connectivity index (χ0) is 5.82. The molecule has 1 rings (SSSR count). The van der Waals surface area contributed by atoms with Crippen molar-refractivity contribution in [2.45, 2.75) is 12.8 Å². The summed E-state index contributed by atoms with van der Waals surface area (Å²) < 4.78 is 0. The molecule has 1 aliphatic rings. The molecule has 1 heterocycles. The van der Waals surface area contributed by atoms with Crippen LogP contribution in [0.4, 0.5) is 0 Å². The Hall–Kier alpha value is 0.297. The maximum atomic E-state index is 3.68. The van der Waals surface area contributed by atoms with Crippen LogP contribution in [0.1, 0.15) is 14.3 Å². The molecule has 0 aromatic carbocycles. The van der Waals surface area contributed by atoms with Crippen molar-refractivity contribution < 1.29 is 20.3 Å². The molecule has 0 aromatic heterocycles. The predicted octanol–water partition coefficient (Wildman–Crippen LogP) is -1.62. The van der Waals surface area contributed by atoms with Crippen molar-refractivity contribution in [3.8, 4) is 0 Å². The second-order valence-corrected chi connectivity index (χ2v) is 2.30. The van der Waals surface area contributed by atoms with Crippen molar-refractivity contribution >= 4 is 0 Å². The molecule has 0 bridgehead atoms. The van der Waals surface area contributed by atoms with E-state index in [1.807, 2.05) is 6.08 Å². The zero-order valence-corrected chi connectivity index (χ0v) is 6.27. The van der Waals surface area contributed by atoms with Crippen LogP contribution in [0.15, 0.2) is 12.7 Å². The summed E-state index contributed by atoms with van der Waals surface area (Å²) in [7, 11) is 0. The Morgan fingerprint density at radius 1 is 1.44 bits per heavy atom. The molecular formula is C7H14LiN. The molecule has 0 N–H and O–H groups in total. The molecule has 0 spiro atoms. The minimum atomic E-state index is 0. The van der Waals surface area contributed by atoms with Gasteiger partial charge >= 0.3 is 18.9 Å². The van der Waals surface area contributed by atoms with E-state index in [0.717, 1.165) is 6.54 Å². The Labute approximate surface area is 70.8 Å². The van der Waals surface area contributed by atoms with Crippen LogP contribution in [-0.4, -0.2) is 24.5 Å². The summed E-state index contributed by atoms with van der Waals surface area (Å²) in [6, 6.07) is 0. The average molecular weight is 119 g/mol. The molecule has 48 valence electrons. The van der Waals surface area contributed by atoms with Crippen molar-refractivity contribution in [3.63, 3.8) is 0 Å². The molecule has 2 heteroatoms. The van der Waals surface area contributed by atoms with Gasteiger partial charge in [0.2, 0.25) is 0 Å². The van der Waals surface area contributed by atoms with Gasteiger partial charge in [0.05, 0.1) is 0 Å². The smallest absolute Gasteiger partial charge is 1.00 e. The molecule has 0 amide bonds. The summed E-state index contributed by atoms with van der Waals surface area (Å²) in [4.78, 5) is 2.42. The second kappa shape index (κ2) is 5.11. The van der Waals surface area contributed by atoms with Gasteiger partial charge in [-0.05, 0) is 25.9 Å². The zero-order valence-electron chi connectivity index (χ0n) is 7.27. The maximum Gasteiger partial charge on any atom is 1.00 e. The SMILES string of the molecule is C=CCN1CCCC1.[H-].[Li+]. The van der Waals surface area contributed by atoms with Gasteiger partial charge in [-0.1, -0.05) is 6.08 Å². The summed E-state index contributed by atoms with van der Waals surface area (Å²) >= 11 is 0. The molecule has 9 heavy (non-hydrogen) atoms. The molecule has 0 atom stereocenters. The first-order chi connectivity index (χ1) is 3.93. The maximum absolute atomic E-state index is 3.68. The van der Waals surface area contributed by atoms with Crippen LogP contribution in [0, 0.1) is 0 Å². The van der Waals surface area contributed by atoms with Crippen LogP contribution in [0.25, 0.3) is 0 Å². The summed E-state index contributed by atoms with van der Waals surface area (Å²) in [6.45, 7) is 7.33. The minimum absolute atomic E-state index is 0. The third-order valence-electron chi connectivity index (χ3n) is 1.59. The van der Waals surface area contributed by atoms with Crippen molar-refractivity contribution in [1.29, 1.82) is 0 Å². The third kappa shape index (κ3) is 3.10. The van der Waals surface area contributed by atoms with Crippen LogP contribution >= 0.6 is 0 Å². The van der Waals surface area contributed by atoms with Gasteiger partial charge in [-0.15, -0.1) is 6.58 Å². The standard InChI is InChI=1S/C7H13N.Li.H/c1-2-5-8-6-3-4-7-8;;/h2H,1,3-7H2;;/q;+1;-1.